The van der Waals surface area contributed by atoms with Crippen molar-refractivity contribution < 1.29 is 9.53 Å². The van der Waals surface area contributed by atoms with Gasteiger partial charge in [0.15, 0.2) is 0 Å². The Hall–Kier alpha value is -0.730. The van der Waals surface area contributed by atoms with Crippen LogP contribution >= 0.6 is 0 Å². The van der Waals surface area contributed by atoms with Gasteiger partial charge in [-0.05, 0) is 12.3 Å². The number of carbonyl (C=O) groups is 1. The molecule has 1 heterocycles. The van der Waals surface area contributed by atoms with Gasteiger partial charge in [-0.1, -0.05) is 12.8 Å². The summed E-state index contributed by atoms with van der Waals surface area (Å²) in [6.07, 6.45) is 3.55. The second kappa shape index (κ2) is 2.15. The van der Waals surface area contributed by atoms with Crippen molar-refractivity contribution >= 4 is 6.09 Å². The number of rotatable bonds is 2. The molecule has 1 N–H and O–H groups in total. The summed E-state index contributed by atoms with van der Waals surface area (Å²) in [5.74, 6) is 0.868. The Morgan fingerprint density at radius 2 is 2.40 bits per heavy atom. The van der Waals surface area contributed by atoms with E-state index in [0.717, 1.165) is 12.3 Å². The number of ether oxygens (including phenoxy) is 1. The zero-order valence-corrected chi connectivity index (χ0v) is 5.80. The number of amides is 1. The van der Waals surface area contributed by atoms with Crippen LogP contribution in [0.5, 0.6) is 0 Å². The highest BCUT2D eigenvalue weighted by Gasteiger charge is 2.30. The van der Waals surface area contributed by atoms with Gasteiger partial charge in [-0.3, -0.25) is 0 Å². The molecule has 1 amide bonds. The van der Waals surface area contributed by atoms with Crippen molar-refractivity contribution in [1.29, 1.82) is 0 Å². The molecule has 0 spiro atoms. The van der Waals surface area contributed by atoms with Gasteiger partial charge in [-0.25, -0.2) is 4.79 Å². The van der Waals surface area contributed by atoms with Gasteiger partial charge < -0.3 is 10.1 Å². The summed E-state index contributed by atoms with van der Waals surface area (Å²) >= 11 is 0. The van der Waals surface area contributed by atoms with Crippen molar-refractivity contribution in [3.63, 3.8) is 0 Å². The molecule has 0 aromatic heterocycles. The minimum Gasteiger partial charge on any atom is -0.447 e. The van der Waals surface area contributed by atoms with Crippen LogP contribution in [0.1, 0.15) is 19.3 Å². The van der Waals surface area contributed by atoms with Crippen molar-refractivity contribution in [3.8, 4) is 0 Å². The van der Waals surface area contributed by atoms with Crippen molar-refractivity contribution in [2.24, 2.45) is 5.92 Å². The predicted octanol–water partition coefficient (Wildman–Crippen LogP) is 0.895. The minimum atomic E-state index is -0.245. The Morgan fingerprint density at radius 1 is 1.60 bits per heavy atom. The van der Waals surface area contributed by atoms with Crippen molar-refractivity contribution in [2.75, 3.05) is 6.61 Å². The van der Waals surface area contributed by atoms with Crippen LogP contribution in [0, 0.1) is 5.92 Å². The van der Waals surface area contributed by atoms with Crippen LogP contribution in [0.3, 0.4) is 0 Å². The first-order valence-corrected chi connectivity index (χ1v) is 3.78. The molecule has 0 bridgehead atoms. The van der Waals surface area contributed by atoms with Crippen LogP contribution in [0.4, 0.5) is 4.79 Å². The third-order valence-electron chi connectivity index (χ3n) is 2.05. The first-order valence-electron chi connectivity index (χ1n) is 3.78. The molecule has 2 fully saturated rings. The highest BCUT2D eigenvalue weighted by Crippen LogP contribution is 2.33. The van der Waals surface area contributed by atoms with Crippen molar-refractivity contribution in [2.45, 2.75) is 25.3 Å². The maximum atomic E-state index is 10.5. The van der Waals surface area contributed by atoms with Crippen molar-refractivity contribution in [3.05, 3.63) is 0 Å². The molecule has 1 unspecified atom stereocenters. The average Bonchev–Trinajstić information content (AvgIpc) is 2.59. The molecule has 1 aliphatic carbocycles. The molecule has 2 aliphatic rings. The van der Waals surface area contributed by atoms with Crippen LogP contribution in [0.2, 0.25) is 0 Å². The molecule has 1 saturated heterocycles. The molecule has 56 valence electrons. The molecule has 1 aliphatic heterocycles. The Bertz CT molecular complexity index is 154. The molecule has 0 aromatic carbocycles. The van der Waals surface area contributed by atoms with E-state index in [-0.39, 0.29) is 6.09 Å². The maximum Gasteiger partial charge on any atom is 0.407 e. The van der Waals surface area contributed by atoms with E-state index < -0.39 is 0 Å². The van der Waals surface area contributed by atoms with E-state index in [4.69, 9.17) is 4.74 Å². The summed E-state index contributed by atoms with van der Waals surface area (Å²) in [5, 5.41) is 2.76. The second-order valence-corrected chi connectivity index (χ2v) is 3.12. The monoisotopic (exact) mass is 141 g/mol. The SMILES string of the molecule is O=C1NC(CC2CC2)CO1. The fourth-order valence-corrected chi connectivity index (χ4v) is 1.31. The van der Waals surface area contributed by atoms with Crippen LogP contribution in [0.15, 0.2) is 0 Å². The Kier molecular flexibility index (Phi) is 1.29. The molecular formula is C7H11NO2. The van der Waals surface area contributed by atoms with Crippen LogP contribution in [-0.2, 0) is 4.74 Å². The molecular weight excluding hydrogens is 130 g/mol. The summed E-state index contributed by atoms with van der Waals surface area (Å²) in [6.45, 7) is 0.579. The van der Waals surface area contributed by atoms with Gasteiger partial charge in [-0.15, -0.1) is 0 Å². The second-order valence-electron chi connectivity index (χ2n) is 3.12. The average molecular weight is 141 g/mol. The van der Waals surface area contributed by atoms with Gasteiger partial charge in [0.25, 0.3) is 0 Å². The maximum absolute atomic E-state index is 10.5. The Labute approximate surface area is 59.7 Å². The Morgan fingerprint density at radius 3 is 2.90 bits per heavy atom. The lowest BCUT2D eigenvalue weighted by molar-refractivity contribution is 0.176. The summed E-state index contributed by atoms with van der Waals surface area (Å²) in [7, 11) is 0. The zero-order chi connectivity index (χ0) is 6.97. The molecule has 3 heteroatoms. The van der Waals surface area contributed by atoms with E-state index in [1.165, 1.54) is 12.8 Å². The molecule has 3 nitrogen and oxygen atoms in total. The summed E-state index contributed by atoms with van der Waals surface area (Å²) in [6, 6.07) is 0.306. The lowest BCUT2D eigenvalue weighted by atomic mass is 10.1. The molecule has 0 aromatic rings. The van der Waals surface area contributed by atoms with E-state index in [9.17, 15) is 4.79 Å². The topological polar surface area (TPSA) is 38.3 Å². The normalized spacial score (nSPS) is 31.6. The zero-order valence-electron chi connectivity index (χ0n) is 5.80. The van der Waals surface area contributed by atoms with E-state index in [0.29, 0.717) is 12.6 Å². The van der Waals surface area contributed by atoms with Gasteiger partial charge in [0.05, 0.1) is 6.04 Å². The lowest BCUT2D eigenvalue weighted by Gasteiger charge is -2.03. The van der Waals surface area contributed by atoms with E-state index in [1.807, 2.05) is 0 Å². The van der Waals surface area contributed by atoms with E-state index in [2.05, 4.69) is 5.32 Å². The fraction of sp³-hybridized carbons (Fsp3) is 0.857. The highest BCUT2D eigenvalue weighted by molar-refractivity contribution is 5.69. The predicted molar refractivity (Wildman–Crippen MR) is 35.6 cm³/mol. The number of cyclic esters (lactones) is 1. The van der Waals surface area contributed by atoms with Crippen LogP contribution in [-0.4, -0.2) is 18.7 Å². The molecule has 10 heavy (non-hydrogen) atoms. The standard InChI is InChI=1S/C7H11NO2/c9-7-8-6(4-10-7)3-5-1-2-5/h5-6H,1-4H2,(H,8,9). The number of nitrogens with one attached hydrogen (secondary N) is 1. The van der Waals surface area contributed by atoms with Crippen molar-refractivity contribution in [1.82, 2.24) is 5.32 Å². The third-order valence-corrected chi connectivity index (χ3v) is 2.05. The number of alkyl carbamates (subject to hydrolysis) is 1. The lowest BCUT2D eigenvalue weighted by Crippen LogP contribution is -2.26. The fourth-order valence-electron chi connectivity index (χ4n) is 1.31. The minimum absolute atomic E-state index is 0.245. The third kappa shape index (κ3) is 1.23. The van der Waals surface area contributed by atoms with Crippen LogP contribution in [0.25, 0.3) is 0 Å². The largest absolute Gasteiger partial charge is 0.447 e. The smallest absolute Gasteiger partial charge is 0.407 e. The highest BCUT2D eigenvalue weighted by atomic mass is 16.6. The number of hydrogen-bond donors (Lipinski definition) is 1. The quantitative estimate of drug-likeness (QED) is 0.620. The molecule has 1 saturated carbocycles. The van der Waals surface area contributed by atoms with Gasteiger partial charge >= 0.3 is 6.09 Å². The number of hydrogen-bond acceptors (Lipinski definition) is 2. The summed E-state index contributed by atoms with van der Waals surface area (Å²) < 4.78 is 4.74. The number of carbonyl (C=O) groups excluding carboxylic acids is 1. The molecule has 1 atom stereocenters. The Balaban J connectivity index is 1.77. The summed E-state index contributed by atoms with van der Waals surface area (Å²) in [4.78, 5) is 10.5. The van der Waals surface area contributed by atoms with Gasteiger partial charge in [0, 0.05) is 0 Å². The van der Waals surface area contributed by atoms with Gasteiger partial charge in [0.2, 0.25) is 0 Å². The summed E-state index contributed by atoms with van der Waals surface area (Å²) in [5.41, 5.74) is 0. The van der Waals surface area contributed by atoms with Gasteiger partial charge in [0.1, 0.15) is 6.61 Å². The van der Waals surface area contributed by atoms with Gasteiger partial charge in [-0.2, -0.15) is 0 Å². The molecule has 2 rings (SSSR count). The molecule has 0 radical (unpaired) electrons. The van der Waals surface area contributed by atoms with E-state index >= 15 is 0 Å². The van der Waals surface area contributed by atoms with Crippen LogP contribution < -0.4 is 5.32 Å². The van der Waals surface area contributed by atoms with E-state index in [1.54, 1.807) is 0 Å². The first kappa shape index (κ1) is 6.01. The first-order chi connectivity index (χ1) is 4.84.